The molecule has 0 radical (unpaired) electrons. The van der Waals surface area contributed by atoms with Crippen molar-refractivity contribution in [1.82, 2.24) is 10.3 Å². The van der Waals surface area contributed by atoms with Crippen LogP contribution in [0, 0.1) is 5.92 Å². The fourth-order valence-electron chi connectivity index (χ4n) is 3.28. The van der Waals surface area contributed by atoms with Crippen molar-refractivity contribution in [1.29, 1.82) is 0 Å². The van der Waals surface area contributed by atoms with E-state index in [9.17, 15) is 18.0 Å². The maximum absolute atomic E-state index is 12.6. The Balaban J connectivity index is 1.47. The van der Waals surface area contributed by atoms with E-state index in [4.69, 9.17) is 4.74 Å². The number of aromatic nitrogens is 1. The van der Waals surface area contributed by atoms with Crippen LogP contribution in [-0.4, -0.2) is 43.2 Å². The van der Waals surface area contributed by atoms with Gasteiger partial charge >= 0.3 is 6.18 Å². The maximum atomic E-state index is 12.6. The van der Waals surface area contributed by atoms with E-state index in [1.807, 2.05) is 4.90 Å². The van der Waals surface area contributed by atoms with Gasteiger partial charge in [0, 0.05) is 38.4 Å². The molecule has 8 heteroatoms. The van der Waals surface area contributed by atoms with Crippen molar-refractivity contribution in [2.24, 2.45) is 5.92 Å². The molecule has 1 amide bonds. The number of rotatable bonds is 4. The van der Waals surface area contributed by atoms with Crippen molar-refractivity contribution < 1.29 is 22.7 Å². The van der Waals surface area contributed by atoms with Crippen LogP contribution in [0.1, 0.15) is 31.2 Å². The molecular weight excluding hydrogens is 335 g/mol. The minimum atomic E-state index is -4.38. The fourth-order valence-corrected chi connectivity index (χ4v) is 3.28. The molecule has 0 aromatic carbocycles. The number of hydrogen-bond acceptors (Lipinski definition) is 4. The maximum Gasteiger partial charge on any atom is 0.417 e. The third kappa shape index (κ3) is 4.62. The summed E-state index contributed by atoms with van der Waals surface area (Å²) in [7, 11) is 0. The Morgan fingerprint density at radius 3 is 2.60 bits per heavy atom. The van der Waals surface area contributed by atoms with Gasteiger partial charge in [-0.05, 0) is 37.8 Å². The largest absolute Gasteiger partial charge is 0.417 e. The van der Waals surface area contributed by atoms with Gasteiger partial charge in [-0.25, -0.2) is 4.98 Å². The van der Waals surface area contributed by atoms with Crippen LogP contribution in [0.15, 0.2) is 18.3 Å². The third-order valence-electron chi connectivity index (χ3n) is 4.79. The van der Waals surface area contributed by atoms with Crippen LogP contribution < -0.4 is 10.2 Å². The van der Waals surface area contributed by atoms with Gasteiger partial charge in [-0.2, -0.15) is 13.2 Å². The van der Waals surface area contributed by atoms with E-state index >= 15 is 0 Å². The topological polar surface area (TPSA) is 54.5 Å². The molecule has 1 N–H and O–H groups in total. The minimum absolute atomic E-state index is 0.0375. The van der Waals surface area contributed by atoms with E-state index in [0.717, 1.165) is 31.7 Å². The van der Waals surface area contributed by atoms with Crippen molar-refractivity contribution in [3.63, 3.8) is 0 Å². The number of amides is 1. The molecule has 0 unspecified atom stereocenters. The molecule has 0 spiro atoms. The minimum Gasteiger partial charge on any atom is -0.376 e. The predicted octanol–water partition coefficient (Wildman–Crippen LogP) is 2.61. The summed E-state index contributed by atoms with van der Waals surface area (Å²) < 4.78 is 43.2. The lowest BCUT2D eigenvalue weighted by atomic mass is 9.96. The highest BCUT2D eigenvalue weighted by Crippen LogP contribution is 2.30. The molecular formula is C17H22F3N3O2. The molecule has 3 rings (SSSR count). The summed E-state index contributed by atoms with van der Waals surface area (Å²) in [6.45, 7) is 2.53. The number of ether oxygens (including phenoxy) is 1. The lowest BCUT2D eigenvalue weighted by Gasteiger charge is -2.32. The molecule has 0 bridgehead atoms. The first kappa shape index (κ1) is 18.0. The number of hydrogen-bond donors (Lipinski definition) is 1. The van der Waals surface area contributed by atoms with E-state index in [-0.39, 0.29) is 17.9 Å². The molecule has 1 aromatic rings. The Bertz CT molecular complexity index is 578. The first-order valence-electron chi connectivity index (χ1n) is 8.61. The Labute approximate surface area is 144 Å². The van der Waals surface area contributed by atoms with Gasteiger partial charge in [-0.15, -0.1) is 0 Å². The van der Waals surface area contributed by atoms with Gasteiger partial charge in [0.15, 0.2) is 0 Å². The number of carbonyl (C=O) groups excluding carboxylic acids is 1. The Kier molecular flexibility index (Phi) is 5.46. The normalized spacial score (nSPS) is 22.2. The van der Waals surface area contributed by atoms with Crippen molar-refractivity contribution in [3.05, 3.63) is 23.9 Å². The Hall–Kier alpha value is -1.83. The first-order chi connectivity index (χ1) is 11.9. The molecule has 25 heavy (non-hydrogen) atoms. The van der Waals surface area contributed by atoms with Gasteiger partial charge in [-0.3, -0.25) is 4.79 Å². The zero-order valence-corrected chi connectivity index (χ0v) is 13.9. The second kappa shape index (κ2) is 7.59. The van der Waals surface area contributed by atoms with Crippen LogP contribution in [0.3, 0.4) is 0 Å². The van der Waals surface area contributed by atoms with Gasteiger partial charge in [-0.1, -0.05) is 0 Å². The second-order valence-electron chi connectivity index (χ2n) is 6.54. The highest BCUT2D eigenvalue weighted by molar-refractivity contribution is 5.79. The molecule has 2 saturated heterocycles. The van der Waals surface area contributed by atoms with E-state index in [2.05, 4.69) is 10.3 Å². The van der Waals surface area contributed by atoms with Crippen molar-refractivity contribution in [3.8, 4) is 0 Å². The summed E-state index contributed by atoms with van der Waals surface area (Å²) in [6.07, 6.45) is -0.0345. The highest BCUT2D eigenvalue weighted by atomic mass is 19.4. The number of nitrogens with one attached hydrogen (secondary N) is 1. The van der Waals surface area contributed by atoms with Crippen molar-refractivity contribution in [2.75, 3.05) is 31.1 Å². The summed E-state index contributed by atoms with van der Waals surface area (Å²) in [5.74, 6) is 0.494. The average molecular weight is 357 g/mol. The average Bonchev–Trinajstić information content (AvgIpc) is 3.13. The number of pyridine rings is 1. The van der Waals surface area contributed by atoms with Crippen LogP contribution in [0.25, 0.3) is 0 Å². The number of anilines is 1. The van der Waals surface area contributed by atoms with Gasteiger partial charge in [0.2, 0.25) is 5.91 Å². The summed E-state index contributed by atoms with van der Waals surface area (Å²) in [5, 5.41) is 2.95. The monoisotopic (exact) mass is 357 g/mol. The fraction of sp³-hybridized carbons (Fsp3) is 0.647. The van der Waals surface area contributed by atoms with Gasteiger partial charge in [0.25, 0.3) is 0 Å². The van der Waals surface area contributed by atoms with Crippen LogP contribution in [-0.2, 0) is 15.7 Å². The summed E-state index contributed by atoms with van der Waals surface area (Å²) in [4.78, 5) is 18.1. The number of piperidine rings is 1. The lowest BCUT2D eigenvalue weighted by molar-refractivity contribution is -0.137. The van der Waals surface area contributed by atoms with Gasteiger partial charge in [0.05, 0.1) is 11.7 Å². The number of carbonyl (C=O) groups is 1. The SMILES string of the molecule is O=C(NC[C@@H]1CCCO1)C1CCN(c2ccc(C(F)(F)F)cn2)CC1. The van der Waals surface area contributed by atoms with Crippen LogP contribution in [0.5, 0.6) is 0 Å². The number of nitrogens with zero attached hydrogens (tertiary/aromatic N) is 2. The van der Waals surface area contributed by atoms with E-state index in [1.54, 1.807) is 0 Å². The van der Waals surface area contributed by atoms with Crippen molar-refractivity contribution in [2.45, 2.75) is 38.0 Å². The smallest absolute Gasteiger partial charge is 0.376 e. The molecule has 0 aliphatic carbocycles. The molecule has 3 heterocycles. The molecule has 2 fully saturated rings. The van der Waals surface area contributed by atoms with Crippen LogP contribution >= 0.6 is 0 Å². The van der Waals surface area contributed by atoms with E-state index < -0.39 is 11.7 Å². The van der Waals surface area contributed by atoms with Gasteiger partial charge < -0.3 is 15.0 Å². The molecule has 1 aromatic heterocycles. The third-order valence-corrected chi connectivity index (χ3v) is 4.79. The highest BCUT2D eigenvalue weighted by Gasteiger charge is 2.31. The van der Waals surface area contributed by atoms with Crippen LogP contribution in [0.4, 0.5) is 19.0 Å². The molecule has 5 nitrogen and oxygen atoms in total. The Morgan fingerprint density at radius 2 is 2.04 bits per heavy atom. The standard InChI is InChI=1S/C17H22F3N3O2/c18-17(19,20)13-3-4-15(21-10-13)23-7-5-12(6-8-23)16(24)22-11-14-2-1-9-25-14/h3-4,10,12,14H,1-2,5-9,11H2,(H,22,24)/t14-/m0/s1. The molecule has 2 aliphatic rings. The molecule has 2 aliphatic heterocycles. The first-order valence-corrected chi connectivity index (χ1v) is 8.61. The zero-order valence-electron chi connectivity index (χ0n) is 13.9. The summed E-state index contributed by atoms with van der Waals surface area (Å²) in [6, 6.07) is 2.43. The number of alkyl halides is 3. The molecule has 0 saturated carbocycles. The predicted molar refractivity (Wildman–Crippen MR) is 86.2 cm³/mol. The van der Waals surface area contributed by atoms with Gasteiger partial charge in [0.1, 0.15) is 5.82 Å². The second-order valence-corrected chi connectivity index (χ2v) is 6.54. The summed E-state index contributed by atoms with van der Waals surface area (Å²) in [5.41, 5.74) is -0.750. The lowest BCUT2D eigenvalue weighted by Crippen LogP contribution is -2.42. The van der Waals surface area contributed by atoms with Crippen LogP contribution in [0.2, 0.25) is 0 Å². The van der Waals surface area contributed by atoms with Crippen molar-refractivity contribution >= 4 is 11.7 Å². The molecule has 1 atom stereocenters. The molecule has 138 valence electrons. The van der Waals surface area contributed by atoms with E-state index in [0.29, 0.717) is 38.3 Å². The summed E-state index contributed by atoms with van der Waals surface area (Å²) >= 11 is 0. The number of halogens is 3. The Morgan fingerprint density at radius 1 is 1.28 bits per heavy atom. The van der Waals surface area contributed by atoms with E-state index in [1.165, 1.54) is 6.07 Å². The quantitative estimate of drug-likeness (QED) is 0.900. The zero-order chi connectivity index (χ0) is 17.9.